The Morgan fingerprint density at radius 2 is 1.77 bits per heavy atom. The topological polar surface area (TPSA) is 67.4 Å². The first-order valence-electron chi connectivity index (χ1n) is 7.45. The molecule has 2 N–H and O–H groups in total. The Morgan fingerprint density at radius 1 is 1.18 bits per heavy atom. The molecular formula is C16H23BrN2O3. The van der Waals surface area contributed by atoms with Crippen molar-refractivity contribution in [2.24, 2.45) is 0 Å². The van der Waals surface area contributed by atoms with Gasteiger partial charge in [0, 0.05) is 16.2 Å². The molecule has 0 saturated heterocycles. The molecule has 5 nitrogen and oxygen atoms in total. The van der Waals surface area contributed by atoms with Crippen LogP contribution < -0.4 is 10.6 Å². The molecular weight excluding hydrogens is 348 g/mol. The van der Waals surface area contributed by atoms with Gasteiger partial charge in [0.1, 0.15) is 6.54 Å². The lowest BCUT2D eigenvalue weighted by molar-refractivity contribution is -0.153. The second kappa shape index (κ2) is 9.46. The summed E-state index contributed by atoms with van der Waals surface area (Å²) in [7, 11) is 0. The molecule has 1 aromatic carbocycles. The number of carbonyl (C=O) groups is 2. The van der Waals surface area contributed by atoms with E-state index in [1.165, 1.54) is 0 Å². The number of benzene rings is 1. The van der Waals surface area contributed by atoms with Crippen LogP contribution in [-0.2, 0) is 14.3 Å². The number of hydrogen-bond donors (Lipinski definition) is 2. The van der Waals surface area contributed by atoms with Gasteiger partial charge in [0.05, 0.1) is 0 Å². The maximum absolute atomic E-state index is 11.9. The highest BCUT2D eigenvalue weighted by Gasteiger charge is 2.19. The lowest BCUT2D eigenvalue weighted by Crippen LogP contribution is -2.42. The van der Waals surface area contributed by atoms with Crippen molar-refractivity contribution < 1.29 is 14.3 Å². The van der Waals surface area contributed by atoms with Crippen LogP contribution in [0.3, 0.4) is 0 Å². The highest BCUT2D eigenvalue weighted by atomic mass is 79.9. The van der Waals surface area contributed by atoms with E-state index in [1.807, 2.05) is 38.1 Å². The van der Waals surface area contributed by atoms with E-state index >= 15 is 0 Å². The van der Waals surface area contributed by atoms with E-state index in [9.17, 15) is 9.59 Å². The van der Waals surface area contributed by atoms with Crippen LogP contribution in [0.15, 0.2) is 28.7 Å². The maximum Gasteiger partial charge on any atom is 0.326 e. The van der Waals surface area contributed by atoms with Gasteiger partial charge in [-0.2, -0.15) is 0 Å². The smallest absolute Gasteiger partial charge is 0.326 e. The SMILES string of the molecule is CCC(CC)NC(=O)[C@@H](C)OC(=O)CNc1ccc(Br)cc1. The number of carbonyl (C=O) groups excluding carboxylic acids is 2. The zero-order valence-corrected chi connectivity index (χ0v) is 14.8. The van der Waals surface area contributed by atoms with Crippen molar-refractivity contribution in [1.82, 2.24) is 5.32 Å². The number of esters is 1. The molecule has 6 heteroatoms. The summed E-state index contributed by atoms with van der Waals surface area (Å²) in [5.74, 6) is -0.721. The third-order valence-electron chi connectivity index (χ3n) is 3.29. The molecule has 0 unspecified atom stereocenters. The molecule has 1 aromatic rings. The van der Waals surface area contributed by atoms with Crippen molar-refractivity contribution in [1.29, 1.82) is 0 Å². The zero-order valence-electron chi connectivity index (χ0n) is 13.2. The molecule has 122 valence electrons. The van der Waals surface area contributed by atoms with E-state index < -0.39 is 12.1 Å². The van der Waals surface area contributed by atoms with Crippen molar-refractivity contribution >= 4 is 33.5 Å². The first-order valence-corrected chi connectivity index (χ1v) is 8.24. The van der Waals surface area contributed by atoms with Gasteiger partial charge in [-0.1, -0.05) is 29.8 Å². The van der Waals surface area contributed by atoms with Gasteiger partial charge in [0.25, 0.3) is 5.91 Å². The lowest BCUT2D eigenvalue weighted by Gasteiger charge is -2.18. The molecule has 0 aliphatic rings. The Morgan fingerprint density at radius 3 is 2.32 bits per heavy atom. The number of nitrogens with one attached hydrogen (secondary N) is 2. The summed E-state index contributed by atoms with van der Waals surface area (Å²) in [4.78, 5) is 23.7. The number of anilines is 1. The fraction of sp³-hybridized carbons (Fsp3) is 0.500. The molecule has 1 amide bonds. The fourth-order valence-corrected chi connectivity index (χ4v) is 2.11. The van der Waals surface area contributed by atoms with Gasteiger partial charge in [-0.25, -0.2) is 0 Å². The number of hydrogen-bond acceptors (Lipinski definition) is 4. The van der Waals surface area contributed by atoms with Crippen LogP contribution in [0.1, 0.15) is 33.6 Å². The van der Waals surface area contributed by atoms with Crippen LogP contribution in [0.4, 0.5) is 5.69 Å². The van der Waals surface area contributed by atoms with Crippen molar-refractivity contribution in [2.45, 2.75) is 45.8 Å². The van der Waals surface area contributed by atoms with E-state index in [4.69, 9.17) is 4.74 Å². The van der Waals surface area contributed by atoms with Crippen molar-refractivity contribution in [2.75, 3.05) is 11.9 Å². The largest absolute Gasteiger partial charge is 0.451 e. The molecule has 0 heterocycles. The van der Waals surface area contributed by atoms with E-state index in [0.717, 1.165) is 23.0 Å². The molecule has 1 rings (SSSR count). The van der Waals surface area contributed by atoms with E-state index in [0.29, 0.717) is 0 Å². The average molecular weight is 371 g/mol. The van der Waals surface area contributed by atoms with E-state index in [1.54, 1.807) is 6.92 Å². The summed E-state index contributed by atoms with van der Waals surface area (Å²) in [5, 5.41) is 5.81. The van der Waals surface area contributed by atoms with Gasteiger partial charge in [0.2, 0.25) is 0 Å². The number of halogens is 1. The van der Waals surface area contributed by atoms with Crippen LogP contribution in [0.2, 0.25) is 0 Å². The second-order valence-electron chi connectivity index (χ2n) is 5.01. The minimum atomic E-state index is -0.792. The molecule has 0 aliphatic heterocycles. The number of amides is 1. The van der Waals surface area contributed by atoms with Crippen LogP contribution in [0, 0.1) is 0 Å². The molecule has 0 aliphatic carbocycles. The maximum atomic E-state index is 11.9. The van der Waals surface area contributed by atoms with Crippen LogP contribution in [0.25, 0.3) is 0 Å². The Labute approximate surface area is 139 Å². The summed E-state index contributed by atoms with van der Waals surface area (Å²) in [6, 6.07) is 7.56. The first kappa shape index (κ1) is 18.5. The molecule has 0 aromatic heterocycles. The summed E-state index contributed by atoms with van der Waals surface area (Å²) in [6.45, 7) is 5.61. The molecule has 22 heavy (non-hydrogen) atoms. The monoisotopic (exact) mass is 370 g/mol. The second-order valence-corrected chi connectivity index (χ2v) is 5.93. The predicted molar refractivity (Wildman–Crippen MR) is 90.7 cm³/mol. The summed E-state index contributed by atoms with van der Waals surface area (Å²) < 4.78 is 6.09. The van der Waals surface area contributed by atoms with Crippen LogP contribution >= 0.6 is 15.9 Å². The van der Waals surface area contributed by atoms with Gasteiger partial charge >= 0.3 is 5.97 Å². The minimum Gasteiger partial charge on any atom is -0.451 e. The van der Waals surface area contributed by atoms with Gasteiger partial charge in [0.15, 0.2) is 6.10 Å². The molecule has 1 atom stereocenters. The van der Waals surface area contributed by atoms with E-state index in [-0.39, 0.29) is 18.5 Å². The van der Waals surface area contributed by atoms with E-state index in [2.05, 4.69) is 26.6 Å². The Hall–Kier alpha value is -1.56. The zero-order chi connectivity index (χ0) is 16.5. The van der Waals surface area contributed by atoms with Crippen molar-refractivity contribution in [3.8, 4) is 0 Å². The predicted octanol–water partition coefficient (Wildman–Crippen LogP) is 3.10. The molecule has 0 saturated carbocycles. The third kappa shape index (κ3) is 6.47. The minimum absolute atomic E-state index is 0.0181. The van der Waals surface area contributed by atoms with Crippen LogP contribution in [0.5, 0.6) is 0 Å². The number of rotatable bonds is 8. The van der Waals surface area contributed by atoms with Gasteiger partial charge in [-0.3, -0.25) is 9.59 Å². The normalized spacial score (nSPS) is 11.9. The molecule has 0 spiro atoms. The van der Waals surface area contributed by atoms with Gasteiger partial charge in [-0.15, -0.1) is 0 Å². The first-order chi connectivity index (χ1) is 10.5. The number of ether oxygens (including phenoxy) is 1. The quantitative estimate of drug-likeness (QED) is 0.690. The Balaban J connectivity index is 2.37. The molecule has 0 radical (unpaired) electrons. The molecule has 0 bridgehead atoms. The highest BCUT2D eigenvalue weighted by Crippen LogP contribution is 2.13. The summed E-state index contributed by atoms with van der Waals surface area (Å²) in [5.41, 5.74) is 0.814. The Bertz CT molecular complexity index is 487. The van der Waals surface area contributed by atoms with Crippen LogP contribution in [-0.4, -0.2) is 30.6 Å². The third-order valence-corrected chi connectivity index (χ3v) is 3.82. The summed E-state index contributed by atoms with van der Waals surface area (Å²) >= 11 is 3.34. The fourth-order valence-electron chi connectivity index (χ4n) is 1.85. The average Bonchev–Trinajstić information content (AvgIpc) is 2.51. The van der Waals surface area contributed by atoms with Gasteiger partial charge < -0.3 is 15.4 Å². The Kier molecular flexibility index (Phi) is 7.95. The summed E-state index contributed by atoms with van der Waals surface area (Å²) in [6.07, 6.45) is 0.919. The van der Waals surface area contributed by atoms with Crippen molar-refractivity contribution in [3.63, 3.8) is 0 Å². The van der Waals surface area contributed by atoms with Crippen molar-refractivity contribution in [3.05, 3.63) is 28.7 Å². The highest BCUT2D eigenvalue weighted by molar-refractivity contribution is 9.10. The standard InChI is InChI=1S/C16H23BrN2O3/c1-4-13(5-2)19-16(21)11(3)22-15(20)10-18-14-8-6-12(17)7-9-14/h6-9,11,13,18H,4-5,10H2,1-3H3,(H,19,21)/t11-/m1/s1. The molecule has 0 fully saturated rings. The van der Waals surface area contributed by atoms with Gasteiger partial charge in [-0.05, 0) is 44.0 Å². The lowest BCUT2D eigenvalue weighted by atomic mass is 10.1.